The van der Waals surface area contributed by atoms with Crippen LogP contribution < -0.4 is 10.1 Å². The molecule has 0 saturated heterocycles. The predicted molar refractivity (Wildman–Crippen MR) is 131 cm³/mol. The summed E-state index contributed by atoms with van der Waals surface area (Å²) >= 11 is 0. The number of carbonyl (C=O) groups excluding carboxylic acids is 2. The third kappa shape index (κ3) is 4.67. The lowest BCUT2D eigenvalue weighted by molar-refractivity contribution is -0.137. The van der Waals surface area contributed by atoms with Crippen molar-refractivity contribution in [1.82, 2.24) is 4.90 Å². The summed E-state index contributed by atoms with van der Waals surface area (Å²) in [6.07, 6.45) is 0.915. The van der Waals surface area contributed by atoms with Crippen LogP contribution in [0.4, 0.5) is 5.69 Å². The van der Waals surface area contributed by atoms with E-state index in [1.807, 2.05) is 86.6 Å². The molecule has 3 aromatic carbocycles. The van der Waals surface area contributed by atoms with Gasteiger partial charge in [0, 0.05) is 5.69 Å². The number of carbonyl (C=O) groups is 2. The zero-order valence-electron chi connectivity index (χ0n) is 19.2. The normalized spacial score (nSPS) is 13.6. The number of hydrogen-bond acceptors (Lipinski definition) is 4. The molecule has 168 valence electrons. The molecule has 0 radical (unpaired) electrons. The van der Waals surface area contributed by atoms with Gasteiger partial charge in [0.2, 0.25) is 0 Å². The molecule has 5 heteroatoms. The van der Waals surface area contributed by atoms with Crippen molar-refractivity contribution in [3.63, 3.8) is 0 Å². The molecule has 2 amide bonds. The topological polar surface area (TPSA) is 58.6 Å². The summed E-state index contributed by atoms with van der Waals surface area (Å²) in [5.74, 6) is 0.105. The molecule has 3 aromatic rings. The van der Waals surface area contributed by atoms with E-state index in [2.05, 4.69) is 12.2 Å². The summed E-state index contributed by atoms with van der Waals surface area (Å²) in [5.41, 5.74) is 5.21. The second kappa shape index (κ2) is 9.74. The summed E-state index contributed by atoms with van der Waals surface area (Å²) in [5, 5.41) is 3.28. The number of aryl methyl sites for hydroxylation is 1. The van der Waals surface area contributed by atoms with Gasteiger partial charge in [-0.15, -0.1) is 0 Å². The van der Waals surface area contributed by atoms with E-state index in [9.17, 15) is 9.59 Å². The van der Waals surface area contributed by atoms with Crippen LogP contribution in [0.2, 0.25) is 0 Å². The molecule has 4 rings (SSSR count). The first kappa shape index (κ1) is 22.3. The van der Waals surface area contributed by atoms with Crippen LogP contribution in [0.25, 0.3) is 5.57 Å². The monoisotopic (exact) mass is 440 g/mol. The second-order valence-corrected chi connectivity index (χ2v) is 8.18. The molecule has 0 spiro atoms. The average Bonchev–Trinajstić information content (AvgIpc) is 3.06. The molecular weight excluding hydrogens is 412 g/mol. The summed E-state index contributed by atoms with van der Waals surface area (Å²) in [6.45, 7) is 6.92. The maximum Gasteiger partial charge on any atom is 0.278 e. The van der Waals surface area contributed by atoms with Gasteiger partial charge in [-0.3, -0.25) is 14.5 Å². The Balaban J connectivity index is 1.73. The van der Waals surface area contributed by atoms with E-state index in [0.29, 0.717) is 23.4 Å². The van der Waals surface area contributed by atoms with Crippen LogP contribution in [-0.2, 0) is 16.1 Å². The Labute approximate surface area is 194 Å². The van der Waals surface area contributed by atoms with Crippen LogP contribution in [0.3, 0.4) is 0 Å². The smallest absolute Gasteiger partial charge is 0.278 e. The van der Waals surface area contributed by atoms with Crippen LogP contribution in [0, 0.1) is 13.8 Å². The highest BCUT2D eigenvalue weighted by atomic mass is 16.5. The van der Waals surface area contributed by atoms with E-state index >= 15 is 0 Å². The number of rotatable bonds is 8. The van der Waals surface area contributed by atoms with Gasteiger partial charge in [-0.1, -0.05) is 61.5 Å². The quantitative estimate of drug-likeness (QED) is 0.471. The molecule has 0 unspecified atom stereocenters. The number of imide groups is 1. The fourth-order valence-electron chi connectivity index (χ4n) is 3.83. The van der Waals surface area contributed by atoms with Crippen LogP contribution in [0.5, 0.6) is 5.75 Å². The first-order chi connectivity index (χ1) is 16.0. The van der Waals surface area contributed by atoms with E-state index in [-0.39, 0.29) is 18.4 Å². The van der Waals surface area contributed by atoms with Gasteiger partial charge in [0.05, 0.1) is 18.7 Å². The Morgan fingerprint density at radius 3 is 2.27 bits per heavy atom. The molecule has 0 atom stereocenters. The molecule has 0 aromatic heterocycles. The number of nitrogens with one attached hydrogen (secondary N) is 1. The van der Waals surface area contributed by atoms with Crippen LogP contribution in [0.1, 0.15) is 35.6 Å². The number of ether oxygens (including phenoxy) is 1. The number of nitrogens with zero attached hydrogens (tertiary/aromatic N) is 1. The summed E-state index contributed by atoms with van der Waals surface area (Å²) in [4.78, 5) is 28.3. The minimum absolute atomic E-state index is 0.220. The summed E-state index contributed by atoms with van der Waals surface area (Å²) in [6, 6.07) is 22.8. The summed E-state index contributed by atoms with van der Waals surface area (Å²) in [7, 11) is 0. The van der Waals surface area contributed by atoms with Gasteiger partial charge in [-0.05, 0) is 60.7 Å². The lowest BCUT2D eigenvalue weighted by Gasteiger charge is -2.16. The Kier molecular flexibility index (Phi) is 6.59. The molecular formula is C28H28N2O3. The Morgan fingerprint density at radius 1 is 0.848 bits per heavy atom. The standard InChI is InChI=1S/C28H28N2O3/c1-4-17-33-23-15-13-22(14-16-23)25-26(29-24-12-8-9-19(2)20(24)3)28(32)30(27(25)31)18-21-10-6-5-7-11-21/h5-16,29H,4,17-18H2,1-3H3. The van der Waals surface area contributed by atoms with Gasteiger partial charge >= 0.3 is 0 Å². The third-order valence-corrected chi connectivity index (χ3v) is 5.83. The molecule has 0 bridgehead atoms. The van der Waals surface area contributed by atoms with Crippen molar-refractivity contribution in [1.29, 1.82) is 0 Å². The van der Waals surface area contributed by atoms with Gasteiger partial charge in [-0.25, -0.2) is 0 Å². The van der Waals surface area contributed by atoms with Crippen LogP contribution in [-0.4, -0.2) is 23.3 Å². The predicted octanol–water partition coefficient (Wildman–Crippen LogP) is 5.48. The molecule has 0 aliphatic carbocycles. The van der Waals surface area contributed by atoms with E-state index in [4.69, 9.17) is 4.74 Å². The average molecular weight is 441 g/mol. The molecule has 1 N–H and O–H groups in total. The van der Waals surface area contributed by atoms with Crippen molar-refractivity contribution in [2.75, 3.05) is 11.9 Å². The summed E-state index contributed by atoms with van der Waals surface area (Å²) < 4.78 is 5.68. The first-order valence-corrected chi connectivity index (χ1v) is 11.2. The zero-order valence-corrected chi connectivity index (χ0v) is 19.2. The van der Waals surface area contributed by atoms with E-state index in [0.717, 1.165) is 34.5 Å². The highest BCUT2D eigenvalue weighted by Gasteiger charge is 2.39. The SMILES string of the molecule is CCCOc1ccc(C2=C(Nc3cccc(C)c3C)C(=O)N(Cc3ccccc3)C2=O)cc1. The fourth-order valence-corrected chi connectivity index (χ4v) is 3.83. The highest BCUT2D eigenvalue weighted by Crippen LogP contribution is 2.33. The Morgan fingerprint density at radius 2 is 1.58 bits per heavy atom. The minimum Gasteiger partial charge on any atom is -0.494 e. The van der Waals surface area contributed by atoms with E-state index < -0.39 is 0 Å². The van der Waals surface area contributed by atoms with Crippen molar-refractivity contribution in [3.8, 4) is 5.75 Å². The van der Waals surface area contributed by atoms with Gasteiger partial charge < -0.3 is 10.1 Å². The van der Waals surface area contributed by atoms with Crippen molar-refractivity contribution in [2.45, 2.75) is 33.7 Å². The molecule has 0 fully saturated rings. The fraction of sp³-hybridized carbons (Fsp3) is 0.214. The first-order valence-electron chi connectivity index (χ1n) is 11.2. The van der Waals surface area contributed by atoms with Gasteiger partial charge in [0.25, 0.3) is 11.8 Å². The van der Waals surface area contributed by atoms with E-state index in [1.165, 1.54) is 4.90 Å². The van der Waals surface area contributed by atoms with Gasteiger partial charge in [0.15, 0.2) is 0 Å². The largest absolute Gasteiger partial charge is 0.494 e. The molecule has 1 aliphatic heterocycles. The molecule has 33 heavy (non-hydrogen) atoms. The van der Waals surface area contributed by atoms with Crippen molar-refractivity contribution >= 4 is 23.1 Å². The Hall–Kier alpha value is -3.86. The van der Waals surface area contributed by atoms with Crippen molar-refractivity contribution in [2.24, 2.45) is 0 Å². The number of benzene rings is 3. The van der Waals surface area contributed by atoms with Crippen molar-refractivity contribution < 1.29 is 14.3 Å². The van der Waals surface area contributed by atoms with E-state index in [1.54, 1.807) is 0 Å². The lowest BCUT2D eigenvalue weighted by atomic mass is 10.0. The second-order valence-electron chi connectivity index (χ2n) is 8.18. The van der Waals surface area contributed by atoms with Gasteiger partial charge in [-0.2, -0.15) is 0 Å². The maximum atomic E-state index is 13.5. The van der Waals surface area contributed by atoms with Crippen LogP contribution in [0.15, 0.2) is 78.5 Å². The van der Waals surface area contributed by atoms with Crippen LogP contribution >= 0.6 is 0 Å². The maximum absolute atomic E-state index is 13.5. The number of anilines is 1. The van der Waals surface area contributed by atoms with Gasteiger partial charge in [0.1, 0.15) is 11.4 Å². The minimum atomic E-state index is -0.328. The molecule has 1 heterocycles. The van der Waals surface area contributed by atoms with Crippen molar-refractivity contribution in [3.05, 3.63) is 101 Å². The lowest BCUT2D eigenvalue weighted by Crippen LogP contribution is -2.32. The third-order valence-electron chi connectivity index (χ3n) is 5.83. The zero-order chi connectivity index (χ0) is 23.4. The molecule has 1 aliphatic rings. The number of hydrogen-bond donors (Lipinski definition) is 1. The highest BCUT2D eigenvalue weighted by molar-refractivity contribution is 6.36. The molecule has 0 saturated carbocycles. The Bertz CT molecular complexity index is 1200. The number of amides is 2. The molecule has 5 nitrogen and oxygen atoms in total.